The summed E-state index contributed by atoms with van der Waals surface area (Å²) in [7, 11) is 0. The van der Waals surface area contributed by atoms with E-state index in [1.54, 1.807) is 0 Å². The van der Waals surface area contributed by atoms with Gasteiger partial charge in [-0.2, -0.15) is 17.6 Å². The molecule has 0 fully saturated rings. The average Bonchev–Trinajstić information content (AvgIpc) is 3.88. The van der Waals surface area contributed by atoms with Gasteiger partial charge in [-0.25, -0.2) is 0 Å². The second-order valence-corrected chi connectivity index (χ2v) is 11.0. The number of carbonyl (C=O) groups excluding carboxylic acids is 2. The molecule has 4 aromatic heterocycles. The van der Waals surface area contributed by atoms with E-state index < -0.39 is 45.8 Å². The maximum absolute atomic E-state index is 12.5. The molecule has 6 rings (SSSR count). The molecule has 0 aliphatic rings. The van der Waals surface area contributed by atoms with E-state index in [0.717, 1.165) is 10.6 Å². The second-order valence-electron chi connectivity index (χ2n) is 10.4. The van der Waals surface area contributed by atoms with Crippen molar-refractivity contribution >= 4 is 38.9 Å². The van der Waals surface area contributed by atoms with Gasteiger partial charge in [0.05, 0.1) is 21.7 Å². The molecular weight excluding hydrogens is 812 g/mol. The third kappa shape index (κ3) is 11.2. The number of nitro benzene ring substituents is 2. The number of benzene rings is 2. The fourth-order valence-corrected chi connectivity index (χ4v) is 4.41. The number of nitrogens with zero attached hydrogens (tertiary/aromatic N) is 7. The van der Waals surface area contributed by atoms with Gasteiger partial charge in [0.15, 0.2) is 11.6 Å². The zero-order valence-electron chi connectivity index (χ0n) is 27.3. The molecule has 0 aliphatic carbocycles. The fraction of sp³-hybridized carbons (Fsp3) is 0.125. The van der Waals surface area contributed by atoms with E-state index in [4.69, 9.17) is 4.42 Å². The number of H-pyrrole nitrogens is 1. The minimum atomic E-state index is -2.93. The summed E-state index contributed by atoms with van der Waals surface area (Å²) < 4.78 is 59.7. The Balaban J connectivity index is 0.000000202. The van der Waals surface area contributed by atoms with Crippen LogP contribution in [-0.4, -0.2) is 56.7 Å². The van der Waals surface area contributed by atoms with Crippen LogP contribution in [-0.2, 0) is 6.54 Å². The highest BCUT2D eigenvalue weighted by Crippen LogP contribution is 2.23. The van der Waals surface area contributed by atoms with E-state index >= 15 is 0 Å². The number of nitrogens with one attached hydrogen (secondary N) is 1. The standard InChI is InChI=1S/C16H10F2N4O5.C8H6BrNO3.C8H5F2N3O2/c17-14(18)16-20-19-15(27-16)10-5-6-21(13(24)7-10)8-12(23)9-1-3-11(4-2-9)22(25)26;9-5-8(11)6-1-3-7(4-2-6)10(12)13;9-6(10)8-13-12-7(15-8)4-1-2-11-5(14)3-4/h1-7,14H,8H2;1-4H,5H2;1-3,6H,(H,11,14). The van der Waals surface area contributed by atoms with E-state index in [-0.39, 0.29) is 57.5 Å². The van der Waals surface area contributed by atoms with Gasteiger partial charge in [0.2, 0.25) is 17.3 Å². The molecular formula is C32H21BrF4N8O10. The Morgan fingerprint density at radius 2 is 1.20 bits per heavy atom. The normalized spacial score (nSPS) is 10.6. The molecule has 4 heterocycles. The van der Waals surface area contributed by atoms with Crippen LogP contribution in [0.2, 0.25) is 0 Å². The Bertz CT molecular complexity index is 2420. The lowest BCUT2D eigenvalue weighted by molar-refractivity contribution is -0.385. The van der Waals surface area contributed by atoms with Crippen LogP contribution < -0.4 is 11.1 Å². The molecule has 0 saturated heterocycles. The van der Waals surface area contributed by atoms with Gasteiger partial charge in [0, 0.05) is 71.0 Å². The molecule has 0 unspecified atom stereocenters. The van der Waals surface area contributed by atoms with Crippen molar-refractivity contribution in [3.8, 4) is 22.9 Å². The van der Waals surface area contributed by atoms with E-state index in [9.17, 15) is 57.0 Å². The first-order valence-electron chi connectivity index (χ1n) is 14.9. The summed E-state index contributed by atoms with van der Waals surface area (Å²) in [4.78, 5) is 68.5. The molecule has 0 atom stereocenters. The Morgan fingerprint density at radius 1 is 0.727 bits per heavy atom. The number of hydrogen-bond acceptors (Lipinski definition) is 14. The van der Waals surface area contributed by atoms with E-state index in [1.165, 1.54) is 79.1 Å². The van der Waals surface area contributed by atoms with Crippen LogP contribution in [0, 0.1) is 20.2 Å². The van der Waals surface area contributed by atoms with E-state index in [0.29, 0.717) is 11.1 Å². The molecule has 0 bridgehead atoms. The Kier molecular flexibility index (Phi) is 13.8. The van der Waals surface area contributed by atoms with Gasteiger partial charge >= 0.3 is 12.9 Å². The molecule has 1 N–H and O–H groups in total. The summed E-state index contributed by atoms with van der Waals surface area (Å²) in [5, 5.41) is 34.3. The molecule has 55 heavy (non-hydrogen) atoms. The molecule has 18 nitrogen and oxygen atoms in total. The first kappa shape index (κ1) is 40.7. The summed E-state index contributed by atoms with van der Waals surface area (Å²) in [6.45, 7) is -0.303. The Labute approximate surface area is 310 Å². The second kappa shape index (κ2) is 18.6. The summed E-state index contributed by atoms with van der Waals surface area (Å²) >= 11 is 3.02. The molecule has 2 aromatic carbocycles. The molecule has 23 heteroatoms. The summed E-state index contributed by atoms with van der Waals surface area (Å²) in [6, 6.07) is 15.6. The van der Waals surface area contributed by atoms with Gasteiger partial charge in [-0.1, -0.05) is 15.9 Å². The highest BCUT2D eigenvalue weighted by molar-refractivity contribution is 9.09. The van der Waals surface area contributed by atoms with E-state index in [1.807, 2.05) is 0 Å². The van der Waals surface area contributed by atoms with Crippen molar-refractivity contribution in [1.29, 1.82) is 0 Å². The van der Waals surface area contributed by atoms with Crippen molar-refractivity contribution in [2.75, 3.05) is 5.33 Å². The predicted molar refractivity (Wildman–Crippen MR) is 183 cm³/mol. The number of carbonyl (C=O) groups is 2. The van der Waals surface area contributed by atoms with Gasteiger partial charge in [0.1, 0.15) is 0 Å². The number of ketones is 2. The van der Waals surface area contributed by atoms with Crippen LogP contribution in [0.3, 0.4) is 0 Å². The molecule has 284 valence electrons. The lowest BCUT2D eigenvalue weighted by atomic mass is 10.1. The van der Waals surface area contributed by atoms with Gasteiger partial charge < -0.3 is 18.4 Å². The van der Waals surface area contributed by atoms with Crippen LogP contribution in [0.1, 0.15) is 45.3 Å². The van der Waals surface area contributed by atoms with Gasteiger partial charge in [-0.3, -0.25) is 39.4 Å². The number of halogens is 5. The number of Topliss-reactive ketones (excluding diaryl/α,β-unsaturated/α-hetero) is 2. The highest BCUT2D eigenvalue weighted by Gasteiger charge is 2.19. The molecule has 6 aromatic rings. The highest BCUT2D eigenvalue weighted by atomic mass is 79.9. The van der Waals surface area contributed by atoms with Crippen LogP contribution in [0.15, 0.2) is 104 Å². The number of aromatic amines is 1. The van der Waals surface area contributed by atoms with Crippen LogP contribution in [0.5, 0.6) is 0 Å². The monoisotopic (exact) mass is 832 g/mol. The molecule has 0 aliphatic heterocycles. The van der Waals surface area contributed by atoms with Crippen molar-refractivity contribution in [3.05, 3.63) is 149 Å². The zero-order valence-corrected chi connectivity index (χ0v) is 28.8. The van der Waals surface area contributed by atoms with Crippen molar-refractivity contribution in [3.63, 3.8) is 0 Å². The van der Waals surface area contributed by atoms with Crippen LogP contribution in [0.25, 0.3) is 22.9 Å². The van der Waals surface area contributed by atoms with Crippen molar-refractivity contribution < 1.29 is 45.8 Å². The van der Waals surface area contributed by atoms with E-state index in [2.05, 4.69) is 45.7 Å². The third-order valence-corrected chi connectivity index (χ3v) is 7.26. The zero-order chi connectivity index (χ0) is 40.2. The van der Waals surface area contributed by atoms with Crippen molar-refractivity contribution in [1.82, 2.24) is 29.9 Å². The SMILES string of the molecule is O=C(CBr)c1ccc([N+](=O)[O-])cc1.O=C(Cn1ccc(-c2nnc(C(F)F)o2)cc1=O)c1ccc([N+](=O)[O-])cc1.O=c1cc(-c2nnc(C(F)F)o2)cc[nH]1. The minimum absolute atomic E-state index is 0.00822. The maximum atomic E-state index is 12.5. The van der Waals surface area contributed by atoms with Crippen LogP contribution in [0.4, 0.5) is 28.9 Å². The number of aromatic nitrogens is 6. The lowest BCUT2D eigenvalue weighted by Crippen LogP contribution is -2.23. The average molecular weight is 833 g/mol. The first-order chi connectivity index (χ1) is 26.2. The Morgan fingerprint density at radius 3 is 1.60 bits per heavy atom. The largest absolute Gasteiger partial charge is 0.415 e. The number of non-ortho nitro benzene ring substituents is 2. The molecule has 0 spiro atoms. The van der Waals surface area contributed by atoms with Gasteiger partial charge in [-0.15, -0.1) is 20.4 Å². The molecule has 0 saturated carbocycles. The third-order valence-electron chi connectivity index (χ3n) is 6.76. The summed E-state index contributed by atoms with van der Waals surface area (Å²) in [5.41, 5.74) is -0.000107. The fourth-order valence-electron chi connectivity index (χ4n) is 4.09. The molecule has 0 radical (unpaired) electrons. The maximum Gasteiger partial charge on any atom is 0.314 e. The van der Waals surface area contributed by atoms with Gasteiger partial charge in [-0.05, 0) is 36.4 Å². The lowest BCUT2D eigenvalue weighted by Gasteiger charge is -2.05. The van der Waals surface area contributed by atoms with Crippen LogP contribution >= 0.6 is 15.9 Å². The molecule has 0 amide bonds. The number of hydrogen-bond donors (Lipinski definition) is 1. The topological polar surface area (TPSA) is 253 Å². The Hall–Kier alpha value is -7.04. The number of alkyl halides is 5. The smallest absolute Gasteiger partial charge is 0.314 e. The summed E-state index contributed by atoms with van der Waals surface area (Å²) in [6.07, 6.45) is -3.09. The first-order valence-corrected chi connectivity index (χ1v) is 16.0. The summed E-state index contributed by atoms with van der Waals surface area (Å²) in [5.74, 6) is -2.48. The number of nitro groups is 2. The predicted octanol–water partition coefficient (Wildman–Crippen LogP) is 6.16. The van der Waals surface area contributed by atoms with Crippen molar-refractivity contribution in [2.24, 2.45) is 0 Å². The number of pyridine rings is 2. The minimum Gasteiger partial charge on any atom is -0.415 e. The van der Waals surface area contributed by atoms with Crippen molar-refractivity contribution in [2.45, 2.75) is 19.4 Å². The quantitative estimate of drug-likeness (QED) is 0.0504. The van der Waals surface area contributed by atoms with Gasteiger partial charge in [0.25, 0.3) is 28.7 Å². The number of rotatable bonds is 11.